The lowest BCUT2D eigenvalue weighted by atomic mass is 10.2. The topological polar surface area (TPSA) is 21.3 Å². The summed E-state index contributed by atoms with van der Waals surface area (Å²) in [5.74, 6) is 0.120. The number of ether oxygens (including phenoxy) is 1. The molecule has 0 fully saturated rings. The monoisotopic (exact) mass is 317 g/mol. The minimum atomic E-state index is -2.82. The van der Waals surface area contributed by atoms with E-state index in [2.05, 4.69) is 10.1 Å². The second-order valence-electron chi connectivity index (χ2n) is 3.99. The van der Waals surface area contributed by atoms with Crippen molar-refractivity contribution < 1.29 is 13.5 Å². The molecule has 2 aromatic rings. The van der Waals surface area contributed by atoms with E-state index in [9.17, 15) is 8.78 Å². The lowest BCUT2D eigenvalue weighted by Gasteiger charge is -2.09. The number of halogens is 4. The van der Waals surface area contributed by atoms with Crippen LogP contribution in [0.25, 0.3) is 0 Å². The van der Waals surface area contributed by atoms with Gasteiger partial charge in [-0.05, 0) is 42.0 Å². The highest BCUT2D eigenvalue weighted by Gasteiger charge is 2.04. The van der Waals surface area contributed by atoms with Crippen LogP contribution < -0.4 is 10.1 Å². The summed E-state index contributed by atoms with van der Waals surface area (Å²) in [6.07, 6.45) is 0. The number of benzene rings is 2. The molecule has 0 unspecified atom stereocenters. The zero-order chi connectivity index (χ0) is 14.5. The zero-order valence-corrected chi connectivity index (χ0v) is 11.8. The normalized spacial score (nSPS) is 10.7. The molecule has 20 heavy (non-hydrogen) atoms. The molecule has 0 aromatic heterocycles. The third-order valence-electron chi connectivity index (χ3n) is 2.58. The van der Waals surface area contributed by atoms with Crippen LogP contribution in [-0.4, -0.2) is 6.61 Å². The van der Waals surface area contributed by atoms with Crippen molar-refractivity contribution in [2.45, 2.75) is 13.2 Å². The Bertz CT molecular complexity index is 576. The average Bonchev–Trinajstić information content (AvgIpc) is 2.39. The van der Waals surface area contributed by atoms with E-state index >= 15 is 0 Å². The van der Waals surface area contributed by atoms with Crippen LogP contribution in [0.4, 0.5) is 14.5 Å². The SMILES string of the molecule is FC(F)Oc1ccc(NCc2ccc(Cl)cc2Cl)cc1. The van der Waals surface area contributed by atoms with E-state index in [1.54, 1.807) is 24.3 Å². The first-order valence-electron chi connectivity index (χ1n) is 5.77. The Kier molecular flexibility index (Phi) is 5.04. The van der Waals surface area contributed by atoms with Crippen LogP contribution in [0, 0.1) is 0 Å². The molecule has 0 saturated carbocycles. The molecule has 0 amide bonds. The third-order valence-corrected chi connectivity index (χ3v) is 3.16. The molecule has 0 radical (unpaired) electrons. The minimum Gasteiger partial charge on any atom is -0.435 e. The highest BCUT2D eigenvalue weighted by molar-refractivity contribution is 6.35. The lowest BCUT2D eigenvalue weighted by molar-refractivity contribution is -0.0498. The Labute approximate surface area is 125 Å². The molecule has 0 aliphatic heterocycles. The quantitative estimate of drug-likeness (QED) is 0.817. The van der Waals surface area contributed by atoms with Gasteiger partial charge in [0.25, 0.3) is 0 Å². The summed E-state index contributed by atoms with van der Waals surface area (Å²) < 4.78 is 28.3. The van der Waals surface area contributed by atoms with E-state index in [1.807, 2.05) is 6.07 Å². The Hall–Kier alpha value is -1.52. The van der Waals surface area contributed by atoms with Crippen molar-refractivity contribution >= 4 is 28.9 Å². The number of nitrogens with one attached hydrogen (secondary N) is 1. The van der Waals surface area contributed by atoms with Crippen LogP contribution in [0.2, 0.25) is 10.0 Å². The molecular formula is C14H11Cl2F2NO. The standard InChI is InChI=1S/C14H11Cl2F2NO/c15-10-2-1-9(13(16)7-10)8-19-11-3-5-12(6-4-11)20-14(17)18/h1-7,14,19H,8H2. The van der Waals surface area contributed by atoms with Gasteiger partial charge in [-0.3, -0.25) is 0 Å². The van der Waals surface area contributed by atoms with Gasteiger partial charge in [0.1, 0.15) is 5.75 Å². The van der Waals surface area contributed by atoms with Crippen molar-refractivity contribution in [1.82, 2.24) is 0 Å². The third kappa shape index (κ3) is 4.25. The number of alkyl halides is 2. The Morgan fingerprint density at radius 1 is 1.05 bits per heavy atom. The Morgan fingerprint density at radius 3 is 2.35 bits per heavy atom. The van der Waals surface area contributed by atoms with Gasteiger partial charge < -0.3 is 10.1 Å². The molecule has 0 heterocycles. The van der Waals surface area contributed by atoms with E-state index in [0.717, 1.165) is 11.3 Å². The zero-order valence-electron chi connectivity index (χ0n) is 10.2. The van der Waals surface area contributed by atoms with Gasteiger partial charge in [0.2, 0.25) is 0 Å². The maximum atomic E-state index is 12.0. The second kappa shape index (κ2) is 6.77. The lowest BCUT2D eigenvalue weighted by Crippen LogP contribution is -2.02. The van der Waals surface area contributed by atoms with E-state index in [4.69, 9.17) is 23.2 Å². The first-order valence-corrected chi connectivity index (χ1v) is 6.53. The van der Waals surface area contributed by atoms with Gasteiger partial charge in [0, 0.05) is 22.3 Å². The first-order chi connectivity index (χ1) is 9.54. The first kappa shape index (κ1) is 14.9. The molecule has 6 heteroatoms. The molecule has 0 aliphatic rings. The fraction of sp³-hybridized carbons (Fsp3) is 0.143. The summed E-state index contributed by atoms with van der Waals surface area (Å²) in [4.78, 5) is 0. The van der Waals surface area contributed by atoms with Gasteiger partial charge in [-0.2, -0.15) is 8.78 Å². The highest BCUT2D eigenvalue weighted by Crippen LogP contribution is 2.23. The summed E-state index contributed by atoms with van der Waals surface area (Å²) in [5.41, 5.74) is 1.67. The van der Waals surface area contributed by atoms with Crippen LogP contribution in [0.5, 0.6) is 5.75 Å². The van der Waals surface area contributed by atoms with Gasteiger partial charge in [-0.1, -0.05) is 29.3 Å². The molecule has 2 rings (SSSR count). The van der Waals surface area contributed by atoms with Crippen molar-refractivity contribution in [1.29, 1.82) is 0 Å². The Morgan fingerprint density at radius 2 is 1.75 bits per heavy atom. The fourth-order valence-corrected chi connectivity index (χ4v) is 2.09. The number of hydrogen-bond donors (Lipinski definition) is 1. The molecule has 1 N–H and O–H groups in total. The molecule has 2 aromatic carbocycles. The van der Waals surface area contributed by atoms with Crippen LogP contribution in [-0.2, 0) is 6.54 Å². The number of rotatable bonds is 5. The molecule has 106 valence electrons. The van der Waals surface area contributed by atoms with Gasteiger partial charge in [-0.25, -0.2) is 0 Å². The van der Waals surface area contributed by atoms with Crippen molar-refractivity contribution in [3.05, 3.63) is 58.1 Å². The average molecular weight is 318 g/mol. The van der Waals surface area contributed by atoms with Gasteiger partial charge in [0.15, 0.2) is 0 Å². The van der Waals surface area contributed by atoms with Crippen LogP contribution in [0.3, 0.4) is 0 Å². The summed E-state index contributed by atoms with van der Waals surface area (Å²) in [6, 6.07) is 11.5. The molecule has 2 nitrogen and oxygen atoms in total. The van der Waals surface area contributed by atoms with Gasteiger partial charge >= 0.3 is 6.61 Å². The summed E-state index contributed by atoms with van der Waals surface area (Å²) in [5, 5.41) is 4.28. The van der Waals surface area contributed by atoms with Crippen molar-refractivity contribution in [2.24, 2.45) is 0 Å². The van der Waals surface area contributed by atoms with Crippen LogP contribution in [0.1, 0.15) is 5.56 Å². The smallest absolute Gasteiger partial charge is 0.387 e. The van der Waals surface area contributed by atoms with Crippen molar-refractivity contribution in [2.75, 3.05) is 5.32 Å². The highest BCUT2D eigenvalue weighted by atomic mass is 35.5. The molecule has 0 aliphatic carbocycles. The largest absolute Gasteiger partial charge is 0.435 e. The van der Waals surface area contributed by atoms with E-state index < -0.39 is 6.61 Å². The van der Waals surface area contributed by atoms with E-state index in [-0.39, 0.29) is 5.75 Å². The summed E-state index contributed by atoms with van der Waals surface area (Å²) >= 11 is 11.9. The fourth-order valence-electron chi connectivity index (χ4n) is 1.62. The number of anilines is 1. The van der Waals surface area contributed by atoms with Crippen LogP contribution in [0.15, 0.2) is 42.5 Å². The van der Waals surface area contributed by atoms with E-state index in [0.29, 0.717) is 16.6 Å². The summed E-state index contributed by atoms with van der Waals surface area (Å²) in [7, 11) is 0. The maximum absolute atomic E-state index is 12.0. The summed E-state index contributed by atoms with van der Waals surface area (Å²) in [6.45, 7) is -2.31. The van der Waals surface area contributed by atoms with Gasteiger partial charge in [0.05, 0.1) is 0 Å². The molecule has 0 atom stereocenters. The molecular weight excluding hydrogens is 307 g/mol. The van der Waals surface area contributed by atoms with E-state index in [1.165, 1.54) is 12.1 Å². The maximum Gasteiger partial charge on any atom is 0.387 e. The van der Waals surface area contributed by atoms with Crippen molar-refractivity contribution in [3.8, 4) is 5.75 Å². The molecule has 0 spiro atoms. The van der Waals surface area contributed by atoms with Crippen LogP contribution >= 0.6 is 23.2 Å². The Balaban J connectivity index is 1.96. The molecule has 0 saturated heterocycles. The minimum absolute atomic E-state index is 0.120. The predicted molar refractivity (Wildman–Crippen MR) is 76.9 cm³/mol. The van der Waals surface area contributed by atoms with Crippen molar-refractivity contribution in [3.63, 3.8) is 0 Å². The molecule has 0 bridgehead atoms. The second-order valence-corrected chi connectivity index (χ2v) is 4.84. The van der Waals surface area contributed by atoms with Gasteiger partial charge in [-0.15, -0.1) is 0 Å². The number of hydrogen-bond acceptors (Lipinski definition) is 2. The predicted octanol–water partition coefficient (Wildman–Crippen LogP) is 5.21.